The van der Waals surface area contributed by atoms with Gasteiger partial charge in [0.05, 0.1) is 0 Å². The SMILES string of the molecule is O=C(c1ccccc1)N1CCC(N2CCN(Cc3ccc(F)cc3)C2=O)CC1. The van der Waals surface area contributed by atoms with E-state index in [9.17, 15) is 14.0 Å². The standard InChI is InChI=1S/C22H24FN3O2/c23-19-8-6-17(7-9-19)16-25-14-15-26(22(25)28)20-10-12-24(13-11-20)21(27)18-4-2-1-3-5-18/h1-9,20H,10-16H2. The molecular weight excluding hydrogens is 357 g/mol. The summed E-state index contributed by atoms with van der Waals surface area (Å²) in [5, 5.41) is 0. The summed E-state index contributed by atoms with van der Waals surface area (Å²) in [4.78, 5) is 31.0. The van der Waals surface area contributed by atoms with E-state index < -0.39 is 0 Å². The number of carbonyl (C=O) groups excluding carboxylic acids is 2. The largest absolute Gasteiger partial charge is 0.338 e. The van der Waals surface area contributed by atoms with E-state index in [1.807, 2.05) is 45.0 Å². The molecule has 0 radical (unpaired) electrons. The Labute approximate surface area is 164 Å². The van der Waals surface area contributed by atoms with E-state index in [1.54, 1.807) is 12.1 Å². The quantitative estimate of drug-likeness (QED) is 0.815. The number of nitrogens with zero attached hydrogens (tertiary/aromatic N) is 3. The third-order valence-electron chi connectivity index (χ3n) is 5.63. The number of urea groups is 1. The lowest BCUT2D eigenvalue weighted by molar-refractivity contribution is 0.0663. The van der Waals surface area contributed by atoms with E-state index in [4.69, 9.17) is 0 Å². The van der Waals surface area contributed by atoms with Crippen LogP contribution in [-0.4, -0.2) is 58.9 Å². The molecule has 2 aliphatic rings. The van der Waals surface area contributed by atoms with Gasteiger partial charge in [0.1, 0.15) is 5.82 Å². The maximum Gasteiger partial charge on any atom is 0.320 e. The first-order chi connectivity index (χ1) is 13.6. The molecule has 2 aliphatic heterocycles. The molecule has 28 heavy (non-hydrogen) atoms. The summed E-state index contributed by atoms with van der Waals surface area (Å²) < 4.78 is 13.1. The van der Waals surface area contributed by atoms with Crippen molar-refractivity contribution in [2.45, 2.75) is 25.4 Å². The van der Waals surface area contributed by atoms with Crippen molar-refractivity contribution in [1.82, 2.24) is 14.7 Å². The predicted molar refractivity (Wildman–Crippen MR) is 104 cm³/mol. The Morgan fingerprint density at radius 3 is 2.29 bits per heavy atom. The number of carbonyl (C=O) groups is 2. The molecular formula is C22H24FN3O2. The van der Waals surface area contributed by atoms with Crippen molar-refractivity contribution in [2.75, 3.05) is 26.2 Å². The lowest BCUT2D eigenvalue weighted by Crippen LogP contribution is -2.48. The van der Waals surface area contributed by atoms with Gasteiger partial charge in [0, 0.05) is 44.3 Å². The van der Waals surface area contributed by atoms with Gasteiger partial charge in [-0.2, -0.15) is 0 Å². The van der Waals surface area contributed by atoms with Gasteiger partial charge in [-0.05, 0) is 42.7 Å². The monoisotopic (exact) mass is 381 g/mol. The molecule has 2 aromatic carbocycles. The van der Waals surface area contributed by atoms with Crippen molar-refractivity contribution in [3.63, 3.8) is 0 Å². The zero-order valence-corrected chi connectivity index (χ0v) is 15.8. The first kappa shape index (κ1) is 18.5. The minimum Gasteiger partial charge on any atom is -0.338 e. The Kier molecular flexibility index (Phi) is 5.28. The maximum atomic E-state index is 13.1. The van der Waals surface area contributed by atoms with Gasteiger partial charge in [-0.25, -0.2) is 9.18 Å². The number of hydrogen-bond acceptors (Lipinski definition) is 2. The molecule has 2 aromatic rings. The Balaban J connectivity index is 1.32. The number of benzene rings is 2. The Morgan fingerprint density at radius 1 is 0.929 bits per heavy atom. The molecule has 0 spiro atoms. The highest BCUT2D eigenvalue weighted by Crippen LogP contribution is 2.23. The van der Waals surface area contributed by atoms with Crippen LogP contribution in [0.3, 0.4) is 0 Å². The number of rotatable bonds is 4. The molecule has 2 fully saturated rings. The van der Waals surface area contributed by atoms with Crippen LogP contribution in [0.15, 0.2) is 54.6 Å². The van der Waals surface area contributed by atoms with Crippen molar-refractivity contribution in [2.24, 2.45) is 0 Å². The van der Waals surface area contributed by atoms with Crippen LogP contribution in [0.2, 0.25) is 0 Å². The van der Waals surface area contributed by atoms with E-state index in [1.165, 1.54) is 12.1 Å². The Hall–Kier alpha value is -2.89. The first-order valence-corrected chi connectivity index (χ1v) is 9.76. The summed E-state index contributed by atoms with van der Waals surface area (Å²) in [5.74, 6) is -0.209. The molecule has 0 bridgehead atoms. The number of hydrogen-bond donors (Lipinski definition) is 0. The van der Waals surface area contributed by atoms with E-state index in [-0.39, 0.29) is 23.8 Å². The average molecular weight is 381 g/mol. The number of halogens is 1. The van der Waals surface area contributed by atoms with E-state index in [0.717, 1.165) is 18.4 Å². The fourth-order valence-electron chi connectivity index (χ4n) is 4.04. The predicted octanol–water partition coefficient (Wildman–Crippen LogP) is 3.37. The molecule has 0 N–H and O–H groups in total. The second kappa shape index (κ2) is 8.00. The molecule has 2 saturated heterocycles. The van der Waals surface area contributed by atoms with E-state index in [2.05, 4.69) is 0 Å². The average Bonchev–Trinajstić information content (AvgIpc) is 3.10. The minimum atomic E-state index is -0.269. The van der Waals surface area contributed by atoms with Gasteiger partial charge in [-0.1, -0.05) is 30.3 Å². The van der Waals surface area contributed by atoms with Crippen LogP contribution in [0.25, 0.3) is 0 Å². The van der Waals surface area contributed by atoms with Crippen LogP contribution in [0.4, 0.5) is 9.18 Å². The summed E-state index contributed by atoms with van der Waals surface area (Å²) in [7, 11) is 0. The number of likely N-dealkylation sites (tertiary alicyclic amines) is 1. The van der Waals surface area contributed by atoms with Gasteiger partial charge in [-0.15, -0.1) is 0 Å². The third-order valence-corrected chi connectivity index (χ3v) is 5.63. The third kappa shape index (κ3) is 3.86. The zero-order chi connectivity index (χ0) is 19.5. The van der Waals surface area contributed by atoms with Crippen LogP contribution in [-0.2, 0) is 6.54 Å². The van der Waals surface area contributed by atoms with Gasteiger partial charge < -0.3 is 14.7 Å². The van der Waals surface area contributed by atoms with Crippen molar-refractivity contribution < 1.29 is 14.0 Å². The van der Waals surface area contributed by atoms with Gasteiger partial charge in [0.15, 0.2) is 0 Å². The summed E-state index contributed by atoms with van der Waals surface area (Å²) in [5.41, 5.74) is 1.64. The number of piperidine rings is 1. The smallest absolute Gasteiger partial charge is 0.320 e. The van der Waals surface area contributed by atoms with E-state index in [0.29, 0.717) is 38.3 Å². The van der Waals surface area contributed by atoms with Crippen LogP contribution < -0.4 is 0 Å². The van der Waals surface area contributed by atoms with Gasteiger partial charge in [0.2, 0.25) is 0 Å². The zero-order valence-electron chi connectivity index (χ0n) is 15.8. The summed E-state index contributed by atoms with van der Waals surface area (Å²) in [6.07, 6.45) is 1.60. The first-order valence-electron chi connectivity index (χ1n) is 9.76. The molecule has 0 atom stereocenters. The summed E-state index contributed by atoms with van der Waals surface area (Å²) in [6.45, 7) is 3.22. The topological polar surface area (TPSA) is 43.9 Å². The molecule has 2 heterocycles. The van der Waals surface area contributed by atoms with Crippen molar-refractivity contribution in [1.29, 1.82) is 0 Å². The van der Waals surface area contributed by atoms with Crippen LogP contribution in [0.5, 0.6) is 0 Å². The highest BCUT2D eigenvalue weighted by Gasteiger charge is 2.36. The lowest BCUT2D eigenvalue weighted by Gasteiger charge is -2.36. The molecule has 0 saturated carbocycles. The lowest BCUT2D eigenvalue weighted by atomic mass is 10.0. The number of amides is 3. The molecule has 146 valence electrons. The van der Waals surface area contributed by atoms with Crippen LogP contribution in [0.1, 0.15) is 28.8 Å². The molecule has 0 aromatic heterocycles. The fraction of sp³-hybridized carbons (Fsp3) is 0.364. The highest BCUT2D eigenvalue weighted by atomic mass is 19.1. The fourth-order valence-corrected chi connectivity index (χ4v) is 4.04. The molecule has 0 aliphatic carbocycles. The van der Waals surface area contributed by atoms with Crippen molar-refractivity contribution >= 4 is 11.9 Å². The highest BCUT2D eigenvalue weighted by molar-refractivity contribution is 5.94. The van der Waals surface area contributed by atoms with Gasteiger partial charge in [-0.3, -0.25) is 4.79 Å². The minimum absolute atomic E-state index is 0.0390. The van der Waals surface area contributed by atoms with E-state index >= 15 is 0 Å². The molecule has 3 amide bonds. The van der Waals surface area contributed by atoms with Gasteiger partial charge in [0.25, 0.3) is 5.91 Å². The van der Waals surface area contributed by atoms with Crippen LogP contribution >= 0.6 is 0 Å². The Bertz CT molecular complexity index is 833. The maximum absolute atomic E-state index is 13.1. The van der Waals surface area contributed by atoms with Gasteiger partial charge >= 0.3 is 6.03 Å². The second-order valence-electron chi connectivity index (χ2n) is 7.41. The summed E-state index contributed by atoms with van der Waals surface area (Å²) in [6, 6.07) is 15.8. The van der Waals surface area contributed by atoms with Crippen molar-refractivity contribution in [3.8, 4) is 0 Å². The normalized spacial score (nSPS) is 18.0. The summed E-state index contributed by atoms with van der Waals surface area (Å²) >= 11 is 0. The molecule has 6 heteroatoms. The molecule has 0 unspecified atom stereocenters. The molecule has 5 nitrogen and oxygen atoms in total. The van der Waals surface area contributed by atoms with Crippen LogP contribution in [0, 0.1) is 5.82 Å². The molecule has 4 rings (SSSR count). The van der Waals surface area contributed by atoms with Crippen molar-refractivity contribution in [3.05, 3.63) is 71.5 Å². The second-order valence-corrected chi connectivity index (χ2v) is 7.41. The Morgan fingerprint density at radius 2 is 1.61 bits per heavy atom.